The predicted octanol–water partition coefficient (Wildman–Crippen LogP) is 1.34. The molecule has 38 valence electrons. The molecule has 0 heterocycles. The summed E-state index contributed by atoms with van der Waals surface area (Å²) in [5, 5.41) is 0. The summed E-state index contributed by atoms with van der Waals surface area (Å²) >= 11 is 4.60. The summed E-state index contributed by atoms with van der Waals surface area (Å²) < 4.78 is 3.73. The van der Waals surface area contributed by atoms with Crippen molar-refractivity contribution in [3.63, 3.8) is 0 Å². The van der Waals surface area contributed by atoms with E-state index in [1.54, 1.807) is 6.92 Å². The third-order valence-corrected chi connectivity index (χ3v) is 0.547. The second-order valence-corrected chi connectivity index (χ2v) is 0.957. The second kappa shape index (κ2) is 2.97. The summed E-state index contributed by atoms with van der Waals surface area (Å²) in [6.07, 6.45) is 0.337. The monoisotopic (exact) mass is 110 g/mol. The van der Waals surface area contributed by atoms with E-state index in [4.69, 9.17) is 0 Å². The van der Waals surface area contributed by atoms with Crippen molar-refractivity contribution in [2.75, 3.05) is 0 Å². The van der Waals surface area contributed by atoms with E-state index in [9.17, 15) is 4.79 Å². The molecule has 0 aliphatic heterocycles. The van der Waals surface area contributed by atoms with Gasteiger partial charge in [-0.05, 0) is 0 Å². The molecule has 0 saturated carbocycles. The molecule has 0 aliphatic rings. The van der Waals surface area contributed by atoms with E-state index in [2.05, 4.69) is 16.2 Å². The Bertz CT molecular complexity index is 50.9. The van der Waals surface area contributed by atoms with Crippen LogP contribution >= 0.6 is 11.9 Å². The Balaban J connectivity index is 0. The van der Waals surface area contributed by atoms with E-state index in [1.165, 1.54) is 0 Å². The average Bonchev–Trinajstić information content (AvgIpc) is 1.65. The van der Waals surface area contributed by atoms with Gasteiger partial charge in [-0.15, -0.1) is 0 Å². The van der Waals surface area contributed by atoms with E-state index < -0.39 is 5.97 Å². The van der Waals surface area contributed by atoms with Gasteiger partial charge in [0.25, 0.3) is 0 Å². The van der Waals surface area contributed by atoms with Crippen LogP contribution in [0, 0.1) is 0 Å². The van der Waals surface area contributed by atoms with Crippen molar-refractivity contribution in [1.29, 1.82) is 0 Å². The molecule has 0 fully saturated rings. The third kappa shape index (κ3) is 2.03. The van der Waals surface area contributed by atoms with Crippen molar-refractivity contribution in [2.24, 2.45) is 0 Å². The Labute approximate surface area is 42.7 Å². The first-order valence-corrected chi connectivity index (χ1v) is 1.93. The van der Waals surface area contributed by atoms with Crippen LogP contribution in [0.2, 0.25) is 0 Å². The molecule has 0 saturated heterocycles. The molecule has 0 radical (unpaired) electrons. The molecule has 0 N–H and O–H groups in total. The minimum Gasteiger partial charge on any atom is -0.348 e. The van der Waals surface area contributed by atoms with Gasteiger partial charge < -0.3 is 4.29 Å². The minimum absolute atomic E-state index is 0. The number of hydrogen-bond donors (Lipinski definition) is 0. The summed E-state index contributed by atoms with van der Waals surface area (Å²) in [5.41, 5.74) is 0. The molecule has 0 unspecified atom stereocenters. The molecule has 6 heavy (non-hydrogen) atoms. The van der Waals surface area contributed by atoms with Gasteiger partial charge in [-0.1, -0.05) is 6.92 Å². The molecule has 3 heteroatoms. The lowest BCUT2D eigenvalue weighted by atomic mass is 10.5. The van der Waals surface area contributed by atoms with Gasteiger partial charge in [-0.2, -0.15) is 0 Å². The summed E-state index contributed by atoms with van der Waals surface area (Å²) in [6.45, 7) is 1.67. The lowest BCUT2D eigenvalue weighted by Gasteiger charge is -1.81. The number of carbonyl (C=O) groups is 1. The van der Waals surface area contributed by atoms with Crippen LogP contribution in [0.5, 0.6) is 0 Å². The lowest BCUT2D eigenvalue weighted by molar-refractivity contribution is -0.133. The molecule has 0 amide bonds. The molecular formula is C3H7ClO2. The molecule has 0 aromatic carbocycles. The zero-order valence-corrected chi connectivity index (χ0v) is 4.16. The Kier molecular flexibility index (Phi) is 2.85. The van der Waals surface area contributed by atoms with E-state index in [0.29, 0.717) is 6.42 Å². The van der Waals surface area contributed by atoms with Crippen molar-refractivity contribution in [3.05, 3.63) is 0 Å². The molecule has 0 aliphatic carbocycles. The van der Waals surface area contributed by atoms with Gasteiger partial charge in [-0.25, -0.2) is 0 Å². The largest absolute Gasteiger partial charge is 0.348 e. The van der Waals surface area contributed by atoms with Gasteiger partial charge in [0.1, 0.15) is 11.9 Å². The van der Waals surface area contributed by atoms with Crippen LogP contribution in [0.25, 0.3) is 0 Å². The van der Waals surface area contributed by atoms with Crippen molar-refractivity contribution >= 4 is 17.8 Å². The SMILES string of the molecule is CCC(=O)OCl.[HH]. The summed E-state index contributed by atoms with van der Waals surface area (Å²) in [5.74, 6) is -0.392. The molecule has 2 nitrogen and oxygen atoms in total. The van der Waals surface area contributed by atoms with Gasteiger partial charge >= 0.3 is 5.97 Å². The molecule has 0 spiro atoms. The van der Waals surface area contributed by atoms with Gasteiger partial charge in [0, 0.05) is 7.85 Å². The van der Waals surface area contributed by atoms with Gasteiger partial charge in [0.05, 0.1) is 0 Å². The maximum absolute atomic E-state index is 9.83. The first-order chi connectivity index (χ1) is 2.81. The maximum Gasteiger partial charge on any atom is 0.324 e. The summed E-state index contributed by atoms with van der Waals surface area (Å²) in [4.78, 5) is 9.83. The minimum atomic E-state index is -0.392. The number of hydrogen-bond acceptors (Lipinski definition) is 2. The lowest BCUT2D eigenvalue weighted by Crippen LogP contribution is -1.90. The molecule has 0 atom stereocenters. The van der Waals surface area contributed by atoms with Crippen LogP contribution in [-0.2, 0) is 9.08 Å². The molecule has 0 aromatic rings. The second-order valence-electron chi connectivity index (χ2n) is 0.803. The Morgan fingerprint density at radius 2 is 2.67 bits per heavy atom. The van der Waals surface area contributed by atoms with Crippen molar-refractivity contribution in [1.82, 2.24) is 0 Å². The zero-order valence-electron chi connectivity index (χ0n) is 3.40. The van der Waals surface area contributed by atoms with Crippen molar-refractivity contribution < 1.29 is 10.5 Å². The Morgan fingerprint density at radius 1 is 2.17 bits per heavy atom. The van der Waals surface area contributed by atoms with Crippen LogP contribution in [0.3, 0.4) is 0 Å². The Morgan fingerprint density at radius 3 is 2.67 bits per heavy atom. The molecule has 0 bridgehead atoms. The number of rotatable bonds is 1. The third-order valence-electron chi connectivity index (χ3n) is 0.375. The van der Waals surface area contributed by atoms with E-state index in [-0.39, 0.29) is 1.43 Å². The highest BCUT2D eigenvalue weighted by Gasteiger charge is 1.90. The van der Waals surface area contributed by atoms with Crippen LogP contribution in [0.1, 0.15) is 14.8 Å². The van der Waals surface area contributed by atoms with Crippen LogP contribution in [0.4, 0.5) is 0 Å². The fourth-order valence-electron chi connectivity index (χ4n) is 0.0546. The summed E-state index contributed by atoms with van der Waals surface area (Å²) in [7, 11) is 0. The van der Waals surface area contributed by atoms with Crippen LogP contribution in [0.15, 0.2) is 0 Å². The molecule has 0 aromatic heterocycles. The van der Waals surface area contributed by atoms with Crippen molar-refractivity contribution in [3.8, 4) is 0 Å². The highest BCUT2D eigenvalue weighted by Crippen LogP contribution is 1.84. The zero-order chi connectivity index (χ0) is 4.99. The fourth-order valence-corrected chi connectivity index (χ4v) is 0.164. The molecule has 0 rings (SSSR count). The maximum atomic E-state index is 9.83. The highest BCUT2D eigenvalue weighted by atomic mass is 35.5. The van der Waals surface area contributed by atoms with E-state index in [0.717, 1.165) is 0 Å². The standard InChI is InChI=1S/C3H5ClO2.H2/c1-2-3(5)6-4;/h2H2,1H3;1H. The van der Waals surface area contributed by atoms with Crippen LogP contribution in [-0.4, -0.2) is 5.97 Å². The first kappa shape index (κ1) is 5.76. The number of halogens is 1. The molecular weight excluding hydrogens is 103 g/mol. The topological polar surface area (TPSA) is 26.3 Å². The van der Waals surface area contributed by atoms with Gasteiger partial charge in [0.2, 0.25) is 0 Å². The quantitative estimate of drug-likeness (QED) is 0.509. The van der Waals surface area contributed by atoms with E-state index >= 15 is 0 Å². The fraction of sp³-hybridized carbons (Fsp3) is 0.667. The van der Waals surface area contributed by atoms with Gasteiger partial charge in [0.15, 0.2) is 0 Å². The average molecular weight is 111 g/mol. The Hall–Kier alpha value is -0.240. The smallest absolute Gasteiger partial charge is 0.324 e. The van der Waals surface area contributed by atoms with Crippen LogP contribution < -0.4 is 0 Å². The normalized spacial score (nSPS) is 7.67. The summed E-state index contributed by atoms with van der Waals surface area (Å²) in [6, 6.07) is 0. The van der Waals surface area contributed by atoms with Gasteiger partial charge in [-0.3, -0.25) is 4.79 Å². The number of carbonyl (C=O) groups excluding carboxylic acids is 1. The first-order valence-electron chi connectivity index (χ1n) is 1.62. The van der Waals surface area contributed by atoms with Crippen molar-refractivity contribution in [2.45, 2.75) is 13.3 Å². The highest BCUT2D eigenvalue weighted by molar-refractivity contribution is 6.13. The van der Waals surface area contributed by atoms with E-state index in [1.807, 2.05) is 0 Å². The predicted molar refractivity (Wildman–Crippen MR) is 24.3 cm³/mol.